The molecule has 0 atom stereocenters. The number of aromatic nitrogens is 3. The molecule has 2 heterocycles. The molecule has 0 aliphatic heterocycles. The van der Waals surface area contributed by atoms with Crippen LogP contribution in [0.15, 0.2) is 35.7 Å². The summed E-state index contributed by atoms with van der Waals surface area (Å²) in [6, 6.07) is 9.55. The van der Waals surface area contributed by atoms with E-state index in [4.69, 9.17) is 17.3 Å². The molecule has 0 radical (unpaired) electrons. The highest BCUT2D eigenvalue weighted by atomic mass is 35.5. The molecule has 0 aliphatic rings. The Morgan fingerprint density at radius 3 is 2.76 bits per heavy atom. The predicted octanol–water partition coefficient (Wildman–Crippen LogP) is 3.89. The highest BCUT2D eigenvalue weighted by molar-refractivity contribution is 7.13. The fourth-order valence-electron chi connectivity index (χ4n) is 1.86. The Hall–Kier alpha value is -2.18. The lowest BCUT2D eigenvalue weighted by Crippen LogP contribution is -2.00. The van der Waals surface area contributed by atoms with Crippen molar-refractivity contribution in [3.8, 4) is 10.6 Å². The molecule has 0 spiro atoms. The normalized spacial score (nSPS) is 10.6. The Morgan fingerprint density at radius 1 is 1.19 bits per heavy atom. The van der Waals surface area contributed by atoms with Crippen molar-refractivity contribution in [2.24, 2.45) is 0 Å². The molecule has 106 valence electrons. The molecule has 3 rings (SSSR count). The van der Waals surface area contributed by atoms with Crippen LogP contribution in [0.2, 0.25) is 5.15 Å². The van der Waals surface area contributed by atoms with Crippen molar-refractivity contribution < 1.29 is 0 Å². The van der Waals surface area contributed by atoms with E-state index in [-0.39, 0.29) is 5.95 Å². The van der Waals surface area contributed by atoms with Gasteiger partial charge < -0.3 is 11.1 Å². The van der Waals surface area contributed by atoms with E-state index in [0.717, 1.165) is 22.0 Å². The molecule has 21 heavy (non-hydrogen) atoms. The number of rotatable bonds is 3. The second kappa shape index (κ2) is 5.67. The van der Waals surface area contributed by atoms with Gasteiger partial charge in [0.2, 0.25) is 5.95 Å². The minimum atomic E-state index is 0.136. The molecular formula is C14H12ClN5S. The molecule has 3 aromatic rings. The van der Waals surface area contributed by atoms with E-state index in [1.807, 2.05) is 36.6 Å². The third-order valence-electron chi connectivity index (χ3n) is 2.71. The summed E-state index contributed by atoms with van der Waals surface area (Å²) in [7, 11) is 0. The number of nitrogens with zero attached hydrogens (tertiary/aromatic N) is 3. The van der Waals surface area contributed by atoms with E-state index in [1.165, 1.54) is 0 Å². The predicted molar refractivity (Wildman–Crippen MR) is 87.0 cm³/mol. The second-order valence-electron chi connectivity index (χ2n) is 4.43. The van der Waals surface area contributed by atoms with Gasteiger partial charge in [-0.15, -0.1) is 11.3 Å². The van der Waals surface area contributed by atoms with Gasteiger partial charge in [-0.05, 0) is 19.1 Å². The van der Waals surface area contributed by atoms with Gasteiger partial charge >= 0.3 is 0 Å². The van der Waals surface area contributed by atoms with E-state index >= 15 is 0 Å². The summed E-state index contributed by atoms with van der Waals surface area (Å²) in [5.41, 5.74) is 8.53. The van der Waals surface area contributed by atoms with Crippen LogP contribution in [-0.2, 0) is 0 Å². The third kappa shape index (κ3) is 3.29. The number of nitrogens with two attached hydrogens (primary N) is 1. The van der Waals surface area contributed by atoms with Gasteiger partial charge in [0.1, 0.15) is 16.0 Å². The van der Waals surface area contributed by atoms with Gasteiger partial charge in [-0.3, -0.25) is 0 Å². The Morgan fingerprint density at radius 2 is 2.05 bits per heavy atom. The summed E-state index contributed by atoms with van der Waals surface area (Å²) in [4.78, 5) is 12.4. The van der Waals surface area contributed by atoms with Crippen LogP contribution >= 0.6 is 22.9 Å². The maximum Gasteiger partial charge on any atom is 0.223 e. The minimum absolute atomic E-state index is 0.136. The maximum atomic E-state index is 5.87. The van der Waals surface area contributed by atoms with Crippen LogP contribution in [-0.4, -0.2) is 15.0 Å². The van der Waals surface area contributed by atoms with E-state index in [0.29, 0.717) is 11.0 Å². The van der Waals surface area contributed by atoms with Crippen molar-refractivity contribution in [3.05, 3.63) is 46.6 Å². The van der Waals surface area contributed by atoms with Crippen LogP contribution in [0.5, 0.6) is 0 Å². The maximum absolute atomic E-state index is 5.87. The van der Waals surface area contributed by atoms with E-state index in [2.05, 4.69) is 20.3 Å². The first-order valence-corrected chi connectivity index (χ1v) is 7.45. The van der Waals surface area contributed by atoms with Crippen molar-refractivity contribution in [1.29, 1.82) is 0 Å². The molecule has 0 unspecified atom stereocenters. The summed E-state index contributed by atoms with van der Waals surface area (Å²) in [6.07, 6.45) is 0. The number of benzene rings is 1. The number of aryl methyl sites for hydroxylation is 1. The smallest absolute Gasteiger partial charge is 0.223 e. The highest BCUT2D eigenvalue weighted by Crippen LogP contribution is 2.27. The SMILES string of the molecule is Cc1csc(-c2cccc(Nc3cc(Cl)nc(N)n3)c2)n1. The summed E-state index contributed by atoms with van der Waals surface area (Å²) >= 11 is 7.48. The van der Waals surface area contributed by atoms with Gasteiger partial charge in [0, 0.05) is 28.4 Å². The van der Waals surface area contributed by atoms with E-state index < -0.39 is 0 Å². The Balaban J connectivity index is 1.89. The van der Waals surface area contributed by atoms with E-state index in [9.17, 15) is 0 Å². The standard InChI is InChI=1S/C14H12ClN5S/c1-8-7-21-13(17-8)9-3-2-4-10(5-9)18-12-6-11(15)19-14(16)20-12/h2-7H,1H3,(H3,16,18,19,20). The molecule has 2 aromatic heterocycles. The van der Waals surface area contributed by atoms with Crippen LogP contribution in [0.1, 0.15) is 5.69 Å². The first kappa shape index (κ1) is 13.8. The van der Waals surface area contributed by atoms with Gasteiger partial charge in [0.05, 0.1) is 0 Å². The fraction of sp³-hybridized carbons (Fsp3) is 0.0714. The quantitative estimate of drug-likeness (QED) is 0.717. The number of hydrogen-bond donors (Lipinski definition) is 2. The van der Waals surface area contributed by atoms with Gasteiger partial charge in [-0.25, -0.2) is 9.97 Å². The van der Waals surface area contributed by atoms with Crippen molar-refractivity contribution in [2.75, 3.05) is 11.1 Å². The Bertz CT molecular complexity index is 766. The second-order valence-corrected chi connectivity index (χ2v) is 5.68. The van der Waals surface area contributed by atoms with Crippen molar-refractivity contribution in [1.82, 2.24) is 15.0 Å². The zero-order chi connectivity index (χ0) is 14.8. The van der Waals surface area contributed by atoms with Gasteiger partial charge in [0.25, 0.3) is 0 Å². The van der Waals surface area contributed by atoms with Crippen LogP contribution < -0.4 is 11.1 Å². The molecule has 1 aromatic carbocycles. The number of hydrogen-bond acceptors (Lipinski definition) is 6. The monoisotopic (exact) mass is 317 g/mol. The van der Waals surface area contributed by atoms with E-state index in [1.54, 1.807) is 17.4 Å². The summed E-state index contributed by atoms with van der Waals surface area (Å²) in [6.45, 7) is 1.98. The van der Waals surface area contributed by atoms with Gasteiger partial charge in [-0.1, -0.05) is 23.7 Å². The zero-order valence-corrected chi connectivity index (χ0v) is 12.7. The average molecular weight is 318 g/mol. The number of nitrogens with one attached hydrogen (secondary N) is 1. The zero-order valence-electron chi connectivity index (χ0n) is 11.2. The van der Waals surface area contributed by atoms with Gasteiger partial charge in [0.15, 0.2) is 0 Å². The minimum Gasteiger partial charge on any atom is -0.368 e. The molecule has 0 saturated carbocycles. The summed E-state index contributed by atoms with van der Waals surface area (Å²) in [5.74, 6) is 0.691. The van der Waals surface area contributed by atoms with Crippen LogP contribution in [0, 0.1) is 6.92 Å². The molecule has 0 bridgehead atoms. The summed E-state index contributed by atoms with van der Waals surface area (Å²) in [5, 5.41) is 6.48. The fourth-order valence-corrected chi connectivity index (χ4v) is 2.85. The largest absolute Gasteiger partial charge is 0.368 e. The lowest BCUT2D eigenvalue weighted by Gasteiger charge is -2.07. The summed E-state index contributed by atoms with van der Waals surface area (Å²) < 4.78 is 0. The molecule has 0 aliphatic carbocycles. The van der Waals surface area contributed by atoms with Gasteiger partial charge in [-0.2, -0.15) is 4.98 Å². The number of thiazole rings is 1. The molecule has 3 N–H and O–H groups in total. The Labute approximate surface area is 130 Å². The molecule has 0 fully saturated rings. The molecule has 0 saturated heterocycles. The molecule has 0 amide bonds. The third-order valence-corrected chi connectivity index (χ3v) is 3.92. The van der Waals surface area contributed by atoms with Crippen molar-refractivity contribution >= 4 is 40.4 Å². The van der Waals surface area contributed by atoms with Crippen LogP contribution in [0.3, 0.4) is 0 Å². The number of nitrogen functional groups attached to an aromatic ring is 1. The molecule has 7 heteroatoms. The van der Waals surface area contributed by atoms with Crippen LogP contribution in [0.4, 0.5) is 17.5 Å². The lowest BCUT2D eigenvalue weighted by atomic mass is 10.2. The first-order valence-electron chi connectivity index (χ1n) is 6.20. The Kier molecular flexibility index (Phi) is 3.72. The number of anilines is 3. The van der Waals surface area contributed by atoms with Crippen molar-refractivity contribution in [2.45, 2.75) is 6.92 Å². The van der Waals surface area contributed by atoms with Crippen molar-refractivity contribution in [3.63, 3.8) is 0 Å². The van der Waals surface area contributed by atoms with Crippen LogP contribution in [0.25, 0.3) is 10.6 Å². The first-order chi connectivity index (χ1) is 10.1. The lowest BCUT2D eigenvalue weighted by molar-refractivity contribution is 1.18. The molecule has 5 nitrogen and oxygen atoms in total. The average Bonchev–Trinajstić information content (AvgIpc) is 2.84. The highest BCUT2D eigenvalue weighted by Gasteiger charge is 2.05. The molecular weight excluding hydrogens is 306 g/mol. The number of halogens is 1. The topological polar surface area (TPSA) is 76.7 Å².